The van der Waals surface area contributed by atoms with Crippen LogP contribution in [0, 0.1) is 18.6 Å². The lowest BCUT2D eigenvalue weighted by Crippen LogP contribution is -2.40. The average Bonchev–Trinajstić information content (AvgIpc) is 3.17. The maximum absolute atomic E-state index is 13.9. The van der Waals surface area contributed by atoms with Gasteiger partial charge in [0.2, 0.25) is 5.95 Å². The molecule has 170 valence electrons. The molecule has 0 atom stereocenters. The fourth-order valence-electron chi connectivity index (χ4n) is 3.65. The first-order chi connectivity index (χ1) is 15.7. The van der Waals surface area contributed by atoms with Crippen molar-refractivity contribution in [3.63, 3.8) is 0 Å². The number of hydrogen-bond donors (Lipinski definition) is 2. The molecule has 1 aliphatic heterocycles. The Morgan fingerprint density at radius 3 is 2.55 bits per heavy atom. The molecule has 0 fully saturated rings. The van der Waals surface area contributed by atoms with Crippen molar-refractivity contribution in [2.75, 3.05) is 12.8 Å². The van der Waals surface area contributed by atoms with Gasteiger partial charge in [0.1, 0.15) is 22.9 Å². The van der Waals surface area contributed by atoms with Gasteiger partial charge in [0.15, 0.2) is 0 Å². The number of aryl methyl sites for hydroxylation is 1. The Kier molecular flexibility index (Phi) is 5.86. The van der Waals surface area contributed by atoms with E-state index in [0.29, 0.717) is 33.3 Å². The van der Waals surface area contributed by atoms with E-state index in [1.54, 1.807) is 12.1 Å². The fraction of sp³-hybridized carbons (Fsp3) is 0.182. The summed E-state index contributed by atoms with van der Waals surface area (Å²) in [6.07, 6.45) is 0. The fourth-order valence-corrected chi connectivity index (χ4v) is 3.96. The summed E-state index contributed by atoms with van der Waals surface area (Å²) in [6.45, 7) is 1.87. The summed E-state index contributed by atoms with van der Waals surface area (Å²) in [5, 5.41) is 2.41. The van der Waals surface area contributed by atoms with Gasteiger partial charge in [0, 0.05) is 11.1 Å². The topological polar surface area (TPSA) is 110 Å². The molecule has 3 amide bonds. The number of methoxy groups -OCH3 is 1. The number of carbonyl (C=O) groups is 2. The Balaban J connectivity index is 1.63. The van der Waals surface area contributed by atoms with E-state index >= 15 is 0 Å². The summed E-state index contributed by atoms with van der Waals surface area (Å²) in [5.41, 5.74) is 7.86. The number of nitrogen functional groups attached to an aromatic ring is 1. The van der Waals surface area contributed by atoms with E-state index in [-0.39, 0.29) is 19.0 Å². The molecule has 2 aromatic carbocycles. The predicted octanol–water partition coefficient (Wildman–Crippen LogP) is 3.84. The number of imide groups is 1. The number of aromatic nitrogens is 2. The van der Waals surface area contributed by atoms with Gasteiger partial charge < -0.3 is 15.4 Å². The number of hydrogen-bond acceptors (Lipinski definition) is 6. The molecular weight excluding hydrogens is 456 g/mol. The van der Waals surface area contributed by atoms with Crippen molar-refractivity contribution in [1.29, 1.82) is 0 Å². The number of carbonyl (C=O) groups excluding carboxylic acids is 2. The highest BCUT2D eigenvalue weighted by atomic mass is 35.5. The van der Waals surface area contributed by atoms with Crippen LogP contribution >= 0.6 is 11.6 Å². The third kappa shape index (κ3) is 4.17. The van der Waals surface area contributed by atoms with Gasteiger partial charge in [-0.15, -0.1) is 0 Å². The van der Waals surface area contributed by atoms with Crippen molar-refractivity contribution in [3.05, 3.63) is 69.4 Å². The number of amides is 3. The zero-order chi connectivity index (χ0) is 23.9. The summed E-state index contributed by atoms with van der Waals surface area (Å²) < 4.78 is 33.1. The van der Waals surface area contributed by atoms with Gasteiger partial charge in [-0.25, -0.2) is 23.5 Å². The van der Waals surface area contributed by atoms with Crippen LogP contribution in [-0.4, -0.2) is 33.9 Å². The summed E-state index contributed by atoms with van der Waals surface area (Å²) in [4.78, 5) is 34.7. The van der Waals surface area contributed by atoms with Crippen LogP contribution in [-0.2, 0) is 13.1 Å². The highest BCUT2D eigenvalue weighted by Crippen LogP contribution is 2.38. The van der Waals surface area contributed by atoms with Crippen LogP contribution in [0.5, 0.6) is 5.75 Å². The van der Waals surface area contributed by atoms with Crippen LogP contribution in [0.1, 0.15) is 27.2 Å². The second-order valence-corrected chi connectivity index (χ2v) is 7.78. The summed E-state index contributed by atoms with van der Waals surface area (Å²) >= 11 is 6.45. The number of ether oxygens (including phenoxy) is 1. The third-order valence-corrected chi connectivity index (χ3v) is 5.55. The molecule has 2 heterocycles. The van der Waals surface area contributed by atoms with E-state index in [1.165, 1.54) is 12.0 Å². The molecule has 0 radical (unpaired) electrons. The molecule has 1 aromatic heterocycles. The minimum atomic E-state index is -1.19. The SMILES string of the molecule is COc1cc(-c2nc(N)nc3c2CN(C(=O)NC(=O)c2c(F)cccc2F)C3)c(Cl)cc1C. The number of fused-ring (bicyclic) bond motifs is 1. The first-order valence-corrected chi connectivity index (χ1v) is 10.1. The zero-order valence-corrected chi connectivity index (χ0v) is 18.3. The highest BCUT2D eigenvalue weighted by Gasteiger charge is 2.31. The molecule has 0 saturated carbocycles. The molecule has 4 rings (SSSR count). The molecule has 8 nitrogen and oxygen atoms in total. The third-order valence-electron chi connectivity index (χ3n) is 5.24. The molecule has 1 aliphatic rings. The lowest BCUT2D eigenvalue weighted by Gasteiger charge is -2.16. The lowest BCUT2D eigenvalue weighted by molar-refractivity contribution is 0.0943. The van der Waals surface area contributed by atoms with Gasteiger partial charge in [-0.1, -0.05) is 17.7 Å². The van der Waals surface area contributed by atoms with Crippen LogP contribution in [0.4, 0.5) is 19.5 Å². The van der Waals surface area contributed by atoms with Gasteiger partial charge in [0.05, 0.1) is 36.6 Å². The van der Waals surface area contributed by atoms with Crippen LogP contribution in [0.3, 0.4) is 0 Å². The number of benzene rings is 2. The van der Waals surface area contributed by atoms with Gasteiger partial charge in [0.25, 0.3) is 5.91 Å². The van der Waals surface area contributed by atoms with E-state index in [4.69, 9.17) is 22.1 Å². The molecule has 0 spiro atoms. The lowest BCUT2D eigenvalue weighted by atomic mass is 10.0. The Labute approximate surface area is 192 Å². The Hall–Kier alpha value is -3.79. The number of nitrogens with zero attached hydrogens (tertiary/aromatic N) is 3. The molecular formula is C22H18ClF2N5O3. The highest BCUT2D eigenvalue weighted by molar-refractivity contribution is 6.33. The number of rotatable bonds is 3. The molecule has 0 bridgehead atoms. The van der Waals surface area contributed by atoms with Crippen molar-refractivity contribution >= 4 is 29.5 Å². The summed E-state index contributed by atoms with van der Waals surface area (Å²) in [5.74, 6) is -2.77. The number of anilines is 1. The van der Waals surface area contributed by atoms with Crippen LogP contribution in [0.15, 0.2) is 30.3 Å². The minimum absolute atomic E-state index is 0.00847. The van der Waals surface area contributed by atoms with Gasteiger partial charge in [-0.2, -0.15) is 0 Å². The molecule has 11 heteroatoms. The Morgan fingerprint density at radius 1 is 1.18 bits per heavy atom. The monoisotopic (exact) mass is 473 g/mol. The standard InChI is InChI=1S/C22H18ClF2N5O3/c1-10-6-13(23)11(7-17(10)33-2)19-12-8-30(9-16(12)27-21(26)28-19)22(32)29-20(31)18-14(24)4-3-5-15(18)25/h3-7H,8-9H2,1-2H3,(H2,26,27,28)(H,29,31,32). The molecule has 0 aliphatic carbocycles. The first-order valence-electron chi connectivity index (χ1n) is 9.73. The van der Waals surface area contributed by atoms with Crippen LogP contribution < -0.4 is 15.8 Å². The molecule has 0 unspecified atom stereocenters. The largest absolute Gasteiger partial charge is 0.496 e. The minimum Gasteiger partial charge on any atom is -0.496 e. The van der Waals surface area contributed by atoms with Crippen molar-refractivity contribution in [2.45, 2.75) is 20.0 Å². The van der Waals surface area contributed by atoms with E-state index in [1.807, 2.05) is 12.2 Å². The van der Waals surface area contributed by atoms with Gasteiger partial charge >= 0.3 is 6.03 Å². The quantitative estimate of drug-likeness (QED) is 0.598. The second-order valence-electron chi connectivity index (χ2n) is 7.37. The predicted molar refractivity (Wildman–Crippen MR) is 117 cm³/mol. The van der Waals surface area contributed by atoms with Crippen molar-refractivity contribution in [2.24, 2.45) is 0 Å². The second kappa shape index (κ2) is 8.62. The van der Waals surface area contributed by atoms with Crippen molar-refractivity contribution in [1.82, 2.24) is 20.2 Å². The summed E-state index contributed by atoms with van der Waals surface area (Å²) in [7, 11) is 1.53. The van der Waals surface area contributed by atoms with Crippen LogP contribution in [0.2, 0.25) is 5.02 Å². The van der Waals surface area contributed by atoms with Crippen LogP contribution in [0.25, 0.3) is 11.3 Å². The van der Waals surface area contributed by atoms with Gasteiger partial charge in [-0.3, -0.25) is 10.1 Å². The van der Waals surface area contributed by atoms with Crippen molar-refractivity contribution in [3.8, 4) is 17.0 Å². The maximum atomic E-state index is 13.9. The maximum Gasteiger partial charge on any atom is 0.324 e. The summed E-state index contributed by atoms with van der Waals surface area (Å²) in [6, 6.07) is 5.57. The van der Waals surface area contributed by atoms with Gasteiger partial charge in [-0.05, 0) is 36.8 Å². The first kappa shape index (κ1) is 22.4. The van der Waals surface area contributed by atoms with E-state index in [9.17, 15) is 18.4 Å². The number of halogens is 3. The number of nitrogens with one attached hydrogen (secondary N) is 1. The normalized spacial score (nSPS) is 12.5. The Bertz CT molecular complexity index is 1280. The van der Waals surface area contributed by atoms with Crippen molar-refractivity contribution < 1.29 is 23.1 Å². The Morgan fingerprint density at radius 2 is 1.88 bits per heavy atom. The zero-order valence-electron chi connectivity index (χ0n) is 17.6. The van der Waals surface area contributed by atoms with E-state index < -0.39 is 29.1 Å². The molecule has 33 heavy (non-hydrogen) atoms. The number of nitrogens with two attached hydrogens (primary N) is 1. The smallest absolute Gasteiger partial charge is 0.324 e. The molecule has 3 N–H and O–H groups in total. The number of urea groups is 1. The molecule has 3 aromatic rings. The average molecular weight is 474 g/mol. The van der Waals surface area contributed by atoms with E-state index in [2.05, 4.69) is 9.97 Å². The van der Waals surface area contributed by atoms with E-state index in [0.717, 1.165) is 23.8 Å². The molecule has 0 saturated heterocycles.